The molecule has 0 aromatic carbocycles. The van der Waals surface area contributed by atoms with Gasteiger partial charge in [-0.3, -0.25) is 9.69 Å². The Balaban J connectivity index is 1.64. The molecule has 1 aromatic rings. The molecule has 2 fully saturated rings. The molecule has 1 saturated heterocycles. The van der Waals surface area contributed by atoms with E-state index in [1.165, 1.54) is 19.3 Å². The summed E-state index contributed by atoms with van der Waals surface area (Å²) in [5, 5.41) is 0. The number of piperazine rings is 1. The van der Waals surface area contributed by atoms with E-state index in [9.17, 15) is 4.79 Å². The van der Waals surface area contributed by atoms with E-state index >= 15 is 0 Å². The number of anilines is 1. The second kappa shape index (κ2) is 6.60. The van der Waals surface area contributed by atoms with Crippen LogP contribution in [0, 0.1) is 10.8 Å². The Morgan fingerprint density at radius 3 is 2.28 bits per heavy atom. The Morgan fingerprint density at radius 1 is 1.12 bits per heavy atom. The summed E-state index contributed by atoms with van der Waals surface area (Å²) in [5.41, 5.74) is 6.76. The first-order chi connectivity index (χ1) is 11.7. The number of carbonyl (C=O) groups is 1. The van der Waals surface area contributed by atoms with Crippen molar-refractivity contribution in [3.05, 3.63) is 23.9 Å². The van der Waals surface area contributed by atoms with Gasteiger partial charge in [0, 0.05) is 44.0 Å². The van der Waals surface area contributed by atoms with Crippen LogP contribution >= 0.6 is 0 Å². The molecule has 1 aliphatic carbocycles. The van der Waals surface area contributed by atoms with Crippen LogP contribution in [0.25, 0.3) is 0 Å². The molecule has 0 spiro atoms. The number of amides is 1. The molecule has 5 nitrogen and oxygen atoms in total. The van der Waals surface area contributed by atoms with Crippen molar-refractivity contribution in [1.82, 2.24) is 9.88 Å². The van der Waals surface area contributed by atoms with Crippen molar-refractivity contribution in [2.45, 2.75) is 53.0 Å². The minimum Gasteiger partial charge on any atom is -0.366 e. The van der Waals surface area contributed by atoms with Gasteiger partial charge in [0.1, 0.15) is 5.82 Å². The Kier molecular flexibility index (Phi) is 4.80. The largest absolute Gasteiger partial charge is 0.366 e. The summed E-state index contributed by atoms with van der Waals surface area (Å²) >= 11 is 0. The molecular formula is C20H32N4O. The molecule has 2 heterocycles. The van der Waals surface area contributed by atoms with E-state index < -0.39 is 5.91 Å². The summed E-state index contributed by atoms with van der Waals surface area (Å²) in [4.78, 5) is 20.7. The first-order valence-corrected chi connectivity index (χ1v) is 9.40. The highest BCUT2D eigenvalue weighted by molar-refractivity contribution is 5.93. The summed E-state index contributed by atoms with van der Waals surface area (Å²) < 4.78 is 0. The highest BCUT2D eigenvalue weighted by atomic mass is 16.1. The lowest BCUT2D eigenvalue weighted by molar-refractivity contribution is 0.0220. The van der Waals surface area contributed by atoms with Crippen LogP contribution in [-0.4, -0.2) is 48.0 Å². The van der Waals surface area contributed by atoms with Gasteiger partial charge >= 0.3 is 0 Å². The van der Waals surface area contributed by atoms with Crippen molar-refractivity contribution in [2.75, 3.05) is 31.1 Å². The third kappa shape index (κ3) is 4.32. The SMILES string of the molecule is CC1(C)CC(N2CCN(c3cc(C(N)=O)ccn3)CC2)CC(C)(C)C1. The fourth-order valence-electron chi connectivity index (χ4n) is 5.11. The summed E-state index contributed by atoms with van der Waals surface area (Å²) in [6.07, 6.45) is 5.55. The van der Waals surface area contributed by atoms with E-state index in [-0.39, 0.29) is 0 Å². The van der Waals surface area contributed by atoms with Gasteiger partial charge in [-0.2, -0.15) is 0 Å². The van der Waals surface area contributed by atoms with Crippen LogP contribution in [0.2, 0.25) is 0 Å². The van der Waals surface area contributed by atoms with Crippen LogP contribution in [0.3, 0.4) is 0 Å². The smallest absolute Gasteiger partial charge is 0.248 e. The standard InChI is InChI=1S/C20H32N4O/c1-19(2)12-16(13-20(3,4)14-19)23-7-9-24(10-8-23)17-11-15(18(21)25)5-6-22-17/h5-6,11,16H,7-10,12-14H2,1-4H3,(H2,21,25). The highest BCUT2D eigenvalue weighted by Crippen LogP contribution is 2.47. The third-order valence-corrected chi connectivity index (χ3v) is 5.72. The van der Waals surface area contributed by atoms with Crippen LogP contribution in [0.5, 0.6) is 0 Å². The molecule has 3 rings (SSSR count). The molecule has 0 atom stereocenters. The van der Waals surface area contributed by atoms with Crippen LogP contribution < -0.4 is 10.6 Å². The average Bonchev–Trinajstić information content (AvgIpc) is 2.52. The molecule has 2 aliphatic rings. The van der Waals surface area contributed by atoms with Crippen LogP contribution in [0.15, 0.2) is 18.3 Å². The molecule has 138 valence electrons. The Labute approximate surface area is 151 Å². The molecule has 5 heteroatoms. The van der Waals surface area contributed by atoms with E-state index in [1.54, 1.807) is 12.3 Å². The lowest BCUT2D eigenvalue weighted by Crippen LogP contribution is -2.54. The predicted octanol–water partition coefficient (Wildman–Crippen LogP) is 2.91. The zero-order valence-electron chi connectivity index (χ0n) is 16.1. The van der Waals surface area contributed by atoms with Crippen molar-refractivity contribution in [2.24, 2.45) is 16.6 Å². The number of rotatable bonds is 3. The summed E-state index contributed by atoms with van der Waals surface area (Å²) in [6, 6.07) is 4.16. The van der Waals surface area contributed by atoms with Gasteiger partial charge in [-0.1, -0.05) is 27.7 Å². The molecule has 2 N–H and O–H groups in total. The van der Waals surface area contributed by atoms with Crippen molar-refractivity contribution in [1.29, 1.82) is 0 Å². The molecular weight excluding hydrogens is 312 g/mol. The molecule has 1 amide bonds. The van der Waals surface area contributed by atoms with Crippen molar-refractivity contribution < 1.29 is 4.79 Å². The number of pyridine rings is 1. The maximum Gasteiger partial charge on any atom is 0.248 e. The maximum absolute atomic E-state index is 11.4. The van der Waals surface area contributed by atoms with Gasteiger partial charge in [-0.05, 0) is 42.2 Å². The zero-order valence-corrected chi connectivity index (χ0v) is 16.1. The van der Waals surface area contributed by atoms with Gasteiger partial charge in [0.15, 0.2) is 0 Å². The second-order valence-corrected chi connectivity index (χ2v) is 9.36. The van der Waals surface area contributed by atoms with E-state index in [0.29, 0.717) is 22.4 Å². The fourth-order valence-corrected chi connectivity index (χ4v) is 5.11. The number of carbonyl (C=O) groups excluding carboxylic acids is 1. The number of hydrogen-bond donors (Lipinski definition) is 1. The van der Waals surface area contributed by atoms with Gasteiger partial charge in [0.25, 0.3) is 0 Å². The minimum atomic E-state index is -0.394. The topological polar surface area (TPSA) is 62.5 Å². The summed E-state index contributed by atoms with van der Waals surface area (Å²) in [5.74, 6) is 0.467. The molecule has 0 radical (unpaired) electrons. The Hall–Kier alpha value is -1.62. The Morgan fingerprint density at radius 2 is 1.72 bits per heavy atom. The molecule has 1 saturated carbocycles. The fraction of sp³-hybridized carbons (Fsp3) is 0.700. The van der Waals surface area contributed by atoms with E-state index in [2.05, 4.69) is 42.5 Å². The van der Waals surface area contributed by atoms with Gasteiger partial charge in [-0.15, -0.1) is 0 Å². The van der Waals surface area contributed by atoms with Gasteiger partial charge in [0.2, 0.25) is 5.91 Å². The van der Waals surface area contributed by atoms with Gasteiger partial charge in [-0.25, -0.2) is 4.98 Å². The zero-order chi connectivity index (χ0) is 18.2. The average molecular weight is 345 g/mol. The Bertz CT molecular complexity index is 616. The highest BCUT2D eigenvalue weighted by Gasteiger charge is 2.41. The number of hydrogen-bond acceptors (Lipinski definition) is 4. The normalized spacial score (nSPS) is 24.2. The first-order valence-electron chi connectivity index (χ1n) is 9.40. The summed E-state index contributed by atoms with van der Waals surface area (Å²) in [6.45, 7) is 13.7. The summed E-state index contributed by atoms with van der Waals surface area (Å²) in [7, 11) is 0. The monoisotopic (exact) mass is 344 g/mol. The van der Waals surface area contributed by atoms with Crippen LogP contribution in [-0.2, 0) is 0 Å². The molecule has 0 bridgehead atoms. The van der Waals surface area contributed by atoms with Crippen molar-refractivity contribution >= 4 is 11.7 Å². The molecule has 0 unspecified atom stereocenters. The minimum absolute atomic E-state index is 0.394. The number of primary amides is 1. The van der Waals surface area contributed by atoms with Crippen molar-refractivity contribution in [3.8, 4) is 0 Å². The van der Waals surface area contributed by atoms with Crippen molar-refractivity contribution in [3.63, 3.8) is 0 Å². The van der Waals surface area contributed by atoms with Gasteiger partial charge < -0.3 is 10.6 Å². The second-order valence-electron chi connectivity index (χ2n) is 9.36. The molecule has 25 heavy (non-hydrogen) atoms. The predicted molar refractivity (Wildman–Crippen MR) is 102 cm³/mol. The van der Waals surface area contributed by atoms with Crippen LogP contribution in [0.4, 0.5) is 5.82 Å². The van der Waals surface area contributed by atoms with Crippen LogP contribution in [0.1, 0.15) is 57.3 Å². The molecule has 1 aliphatic heterocycles. The van der Waals surface area contributed by atoms with E-state index in [1.807, 2.05) is 6.07 Å². The maximum atomic E-state index is 11.4. The van der Waals surface area contributed by atoms with E-state index in [0.717, 1.165) is 32.0 Å². The molecule has 1 aromatic heterocycles. The van der Waals surface area contributed by atoms with Gasteiger partial charge in [0.05, 0.1) is 0 Å². The quantitative estimate of drug-likeness (QED) is 0.916. The van der Waals surface area contributed by atoms with E-state index in [4.69, 9.17) is 5.73 Å². The third-order valence-electron chi connectivity index (χ3n) is 5.72. The number of aromatic nitrogens is 1. The lowest BCUT2D eigenvalue weighted by atomic mass is 9.63. The number of nitrogens with two attached hydrogens (primary N) is 1. The lowest BCUT2D eigenvalue weighted by Gasteiger charge is -2.50. The first kappa shape index (κ1) is 18.2. The number of nitrogens with zero attached hydrogens (tertiary/aromatic N) is 3.